The fraction of sp³-hybridized carbons (Fsp3) is 0. The Balaban J connectivity index is -0.0000000800. The Morgan fingerprint density at radius 3 is 0.714 bits per heavy atom. The molecule has 0 aliphatic heterocycles. The molecule has 0 saturated heterocycles. The van der Waals surface area contributed by atoms with E-state index >= 15 is 0 Å². The van der Waals surface area contributed by atoms with Crippen LogP contribution in [0.1, 0.15) is 0 Å². The molecular formula is H2Cl4HgNa2. The van der Waals surface area contributed by atoms with Crippen LogP contribution in [0.4, 0.5) is 0 Å². The molecule has 0 rings (SSSR count). The van der Waals surface area contributed by atoms with Crippen LogP contribution in [0.3, 0.4) is 0 Å². The Morgan fingerprint density at radius 2 is 0.714 bits per heavy atom. The van der Waals surface area contributed by atoms with Crippen LogP contribution in [0, 0.1) is 0 Å². The van der Waals surface area contributed by atoms with Crippen LogP contribution in [0.5, 0.6) is 0 Å². The average Bonchev–Trinajstić information content (AvgIpc) is 0.722. The van der Waals surface area contributed by atoms with Gasteiger partial charge in [-0.25, -0.2) is 0 Å². The van der Waals surface area contributed by atoms with Crippen molar-refractivity contribution >= 4 is 92.1 Å². The molecule has 0 aliphatic carbocycles. The summed E-state index contributed by atoms with van der Waals surface area (Å²) in [7, 11) is 20.2. The number of rotatable bonds is 0. The molecule has 0 fully saturated rings. The minimum atomic E-state index is -3.50. The summed E-state index contributed by atoms with van der Waals surface area (Å²) in [6.07, 6.45) is 0. The average molecular weight is 390 g/mol. The van der Waals surface area contributed by atoms with Crippen molar-refractivity contribution in [3.05, 3.63) is 0 Å². The van der Waals surface area contributed by atoms with Gasteiger partial charge in [-0.2, -0.15) is 0 Å². The Bertz CT molecular complexity index is 25.2. The second-order valence-corrected chi connectivity index (χ2v) is 47.9. The second kappa shape index (κ2) is 8.19. The molecule has 0 spiro atoms. The van der Waals surface area contributed by atoms with Gasteiger partial charge in [-0.05, 0) is 0 Å². The van der Waals surface area contributed by atoms with Crippen LogP contribution in [0.2, 0.25) is 0 Å². The summed E-state index contributed by atoms with van der Waals surface area (Å²) in [5, 5.41) is 0. The van der Waals surface area contributed by atoms with Crippen molar-refractivity contribution in [1.29, 1.82) is 0 Å². The Hall–Kier alpha value is 4.10. The first-order chi connectivity index (χ1) is 2.00. The first kappa shape index (κ1) is 17.3. The van der Waals surface area contributed by atoms with E-state index in [0.29, 0.717) is 0 Å². The van der Waals surface area contributed by atoms with E-state index in [1.165, 1.54) is 0 Å². The Morgan fingerprint density at radius 1 is 0.714 bits per heavy atom. The molecule has 0 aliphatic rings. The zero-order valence-corrected chi connectivity index (χ0v) is 10.7. The van der Waals surface area contributed by atoms with Crippen molar-refractivity contribution in [2.45, 2.75) is 0 Å². The van der Waals surface area contributed by atoms with E-state index < -0.39 is 16.5 Å². The van der Waals surface area contributed by atoms with Gasteiger partial charge in [0.2, 0.25) is 0 Å². The standard InChI is InChI=1S/4ClH.Hg.2Na.2H/h4*1H;;;;;/q;;;;+4;;;;/p-4. The summed E-state index contributed by atoms with van der Waals surface area (Å²) in [6.45, 7) is 0. The third-order valence-electron chi connectivity index (χ3n) is 0. The Kier molecular flexibility index (Phi) is 20.2. The van der Waals surface area contributed by atoms with E-state index in [9.17, 15) is 0 Å². The molecule has 0 N–H and O–H groups in total. The van der Waals surface area contributed by atoms with Crippen molar-refractivity contribution in [2.75, 3.05) is 0 Å². The van der Waals surface area contributed by atoms with Crippen LogP contribution >= 0.6 is 33.0 Å². The van der Waals surface area contributed by atoms with Crippen LogP contribution in [0.25, 0.3) is 0 Å². The SMILES string of the molecule is [Cl][Hg]([Cl])([Cl])[Cl].[NaH].[NaH]. The first-order valence-corrected chi connectivity index (χ1v) is 28.1. The quantitative estimate of drug-likeness (QED) is 0.550. The van der Waals surface area contributed by atoms with E-state index in [1.54, 1.807) is 0 Å². The minimum absolute atomic E-state index is 0. The third-order valence-corrected chi connectivity index (χ3v) is 0. The van der Waals surface area contributed by atoms with E-state index in [4.69, 9.17) is 33.0 Å². The Labute approximate surface area is 106 Å². The molecule has 0 atom stereocenters. The van der Waals surface area contributed by atoms with Gasteiger partial charge in [-0.1, -0.05) is 0 Å². The summed E-state index contributed by atoms with van der Waals surface area (Å²) >= 11 is -3.50. The van der Waals surface area contributed by atoms with Gasteiger partial charge in [0.25, 0.3) is 0 Å². The van der Waals surface area contributed by atoms with Crippen molar-refractivity contribution in [3.8, 4) is 0 Å². The molecule has 0 radical (unpaired) electrons. The molecule has 7 heteroatoms. The fourth-order valence-electron chi connectivity index (χ4n) is 0. The molecule has 0 amide bonds. The molecule has 0 nitrogen and oxygen atoms in total. The summed E-state index contributed by atoms with van der Waals surface area (Å²) in [5.74, 6) is 0. The molecule has 0 aromatic heterocycles. The van der Waals surface area contributed by atoms with Gasteiger partial charge in [0, 0.05) is 0 Å². The van der Waals surface area contributed by atoms with Gasteiger partial charge < -0.3 is 0 Å². The van der Waals surface area contributed by atoms with Gasteiger partial charge in [0.15, 0.2) is 0 Å². The van der Waals surface area contributed by atoms with Crippen molar-refractivity contribution < 1.29 is 16.5 Å². The normalized spacial score (nSPS) is 6.29. The third kappa shape index (κ3) is 39.4. The molecule has 0 unspecified atom stereocenters. The van der Waals surface area contributed by atoms with Crippen LogP contribution in [0.15, 0.2) is 0 Å². The predicted molar refractivity (Wildman–Crippen MR) is 37.7 cm³/mol. The van der Waals surface area contributed by atoms with Gasteiger partial charge in [0.1, 0.15) is 0 Å². The number of hydrogen-bond acceptors (Lipinski definition) is 0. The van der Waals surface area contributed by atoms with Crippen LogP contribution in [-0.2, 0) is 16.5 Å². The van der Waals surface area contributed by atoms with E-state index in [1.807, 2.05) is 0 Å². The molecule has 0 aromatic rings. The van der Waals surface area contributed by atoms with Crippen molar-refractivity contribution in [3.63, 3.8) is 0 Å². The fourth-order valence-corrected chi connectivity index (χ4v) is 0. The second-order valence-electron chi connectivity index (χ2n) is 0.606. The zero-order chi connectivity index (χ0) is 4.50. The predicted octanol–water partition coefficient (Wildman–Crippen LogP) is 1.46. The van der Waals surface area contributed by atoms with Crippen LogP contribution in [-0.4, -0.2) is 59.1 Å². The monoisotopic (exact) mass is 390 g/mol. The first-order valence-electron chi connectivity index (χ1n) is 1.07. The number of halogens is 4. The molecule has 0 bridgehead atoms. The molecule has 0 heterocycles. The van der Waals surface area contributed by atoms with Crippen molar-refractivity contribution in [2.24, 2.45) is 0 Å². The van der Waals surface area contributed by atoms with E-state index in [-0.39, 0.29) is 59.1 Å². The molecular weight excluding hydrogens is 388 g/mol. The molecule has 0 aromatic carbocycles. The summed E-state index contributed by atoms with van der Waals surface area (Å²) in [6, 6.07) is 0. The zero-order valence-electron chi connectivity index (χ0n) is 2.22. The van der Waals surface area contributed by atoms with Crippen molar-refractivity contribution in [1.82, 2.24) is 0 Å². The maximum atomic E-state index is 5.06. The van der Waals surface area contributed by atoms with Gasteiger partial charge in [-0.3, -0.25) is 0 Å². The molecule has 7 heavy (non-hydrogen) atoms. The summed E-state index contributed by atoms with van der Waals surface area (Å²) in [5.41, 5.74) is 0. The van der Waals surface area contributed by atoms with Gasteiger partial charge in [0.05, 0.1) is 0 Å². The van der Waals surface area contributed by atoms with E-state index in [0.717, 1.165) is 0 Å². The van der Waals surface area contributed by atoms with Gasteiger partial charge >= 0.3 is 109 Å². The summed E-state index contributed by atoms with van der Waals surface area (Å²) < 4.78 is 0. The summed E-state index contributed by atoms with van der Waals surface area (Å²) in [4.78, 5) is 0. The maximum absolute atomic E-state index is 5.06. The topological polar surface area (TPSA) is 0 Å². The van der Waals surface area contributed by atoms with Crippen LogP contribution < -0.4 is 0 Å². The molecule has 34 valence electrons. The van der Waals surface area contributed by atoms with Gasteiger partial charge in [-0.15, -0.1) is 0 Å². The van der Waals surface area contributed by atoms with E-state index in [2.05, 4.69) is 0 Å². The molecule has 0 saturated carbocycles. The number of hydrogen-bond donors (Lipinski definition) is 0.